The minimum absolute atomic E-state index is 0.0859. The van der Waals surface area contributed by atoms with Gasteiger partial charge in [-0.25, -0.2) is 0 Å². The van der Waals surface area contributed by atoms with Crippen LogP contribution in [0.4, 0.5) is 0 Å². The number of nitrogens with one attached hydrogen (secondary N) is 1. The molecule has 0 aromatic carbocycles. The fourth-order valence-corrected chi connectivity index (χ4v) is 1.37. The van der Waals surface area contributed by atoms with Crippen molar-refractivity contribution in [1.29, 1.82) is 0 Å². The van der Waals surface area contributed by atoms with Crippen LogP contribution in [0.25, 0.3) is 0 Å². The molecule has 0 atom stereocenters. The highest BCUT2D eigenvalue weighted by molar-refractivity contribution is 5.79. The molecule has 0 bridgehead atoms. The molecule has 6 nitrogen and oxygen atoms in total. The molecule has 0 saturated carbocycles. The second kappa shape index (κ2) is 11.0. The van der Waals surface area contributed by atoms with Gasteiger partial charge in [-0.1, -0.05) is 6.92 Å². The number of ether oxygens (including phenoxy) is 2. The zero-order chi connectivity index (χ0) is 13.8. The standard InChI is InChI=1S/C12H24N2O4/c1-4-14(10-12(16)18-5-2)9-11(15)13-7-6-8-17-3/h4-10H2,1-3H3,(H,13,15). The number of rotatable bonds is 10. The van der Waals surface area contributed by atoms with E-state index in [2.05, 4.69) is 5.32 Å². The van der Waals surface area contributed by atoms with Crippen molar-refractivity contribution in [3.8, 4) is 0 Å². The van der Waals surface area contributed by atoms with Crippen LogP contribution in [0, 0.1) is 0 Å². The summed E-state index contributed by atoms with van der Waals surface area (Å²) in [7, 11) is 1.62. The molecule has 6 heteroatoms. The Kier molecular flexibility index (Phi) is 10.3. The fourth-order valence-electron chi connectivity index (χ4n) is 1.37. The van der Waals surface area contributed by atoms with Crippen molar-refractivity contribution < 1.29 is 19.1 Å². The fraction of sp³-hybridized carbons (Fsp3) is 0.833. The van der Waals surface area contributed by atoms with Gasteiger partial charge in [0.25, 0.3) is 0 Å². The van der Waals surface area contributed by atoms with E-state index in [0.29, 0.717) is 26.3 Å². The van der Waals surface area contributed by atoms with Crippen molar-refractivity contribution in [2.45, 2.75) is 20.3 Å². The highest BCUT2D eigenvalue weighted by Crippen LogP contribution is 1.90. The second-order valence-electron chi connectivity index (χ2n) is 3.80. The first-order valence-electron chi connectivity index (χ1n) is 6.27. The second-order valence-corrected chi connectivity index (χ2v) is 3.80. The van der Waals surface area contributed by atoms with Gasteiger partial charge in [0, 0.05) is 20.3 Å². The lowest BCUT2D eigenvalue weighted by molar-refractivity contribution is -0.144. The molecule has 0 aliphatic heterocycles. The molecule has 0 rings (SSSR count). The first-order valence-corrected chi connectivity index (χ1v) is 6.27. The van der Waals surface area contributed by atoms with Gasteiger partial charge in [-0.2, -0.15) is 0 Å². The lowest BCUT2D eigenvalue weighted by Crippen LogP contribution is -2.40. The summed E-state index contributed by atoms with van der Waals surface area (Å²) in [4.78, 5) is 24.6. The average Bonchev–Trinajstić information content (AvgIpc) is 2.34. The Bertz CT molecular complexity index is 246. The van der Waals surface area contributed by atoms with E-state index in [0.717, 1.165) is 6.42 Å². The first-order chi connectivity index (χ1) is 8.63. The maximum Gasteiger partial charge on any atom is 0.320 e. The van der Waals surface area contributed by atoms with Gasteiger partial charge in [0.05, 0.1) is 19.7 Å². The lowest BCUT2D eigenvalue weighted by atomic mass is 10.4. The molecule has 0 saturated heterocycles. The van der Waals surface area contributed by atoms with Crippen molar-refractivity contribution in [3.05, 3.63) is 0 Å². The monoisotopic (exact) mass is 260 g/mol. The zero-order valence-corrected chi connectivity index (χ0v) is 11.5. The maximum absolute atomic E-state index is 11.6. The summed E-state index contributed by atoms with van der Waals surface area (Å²) in [6.45, 7) is 6.22. The summed E-state index contributed by atoms with van der Waals surface area (Å²) < 4.78 is 9.72. The Hall–Kier alpha value is -1.14. The highest BCUT2D eigenvalue weighted by Gasteiger charge is 2.13. The molecule has 0 spiro atoms. The van der Waals surface area contributed by atoms with Crippen molar-refractivity contribution in [1.82, 2.24) is 10.2 Å². The van der Waals surface area contributed by atoms with Gasteiger partial charge in [0.1, 0.15) is 0 Å². The Labute approximate surface area is 109 Å². The zero-order valence-electron chi connectivity index (χ0n) is 11.5. The van der Waals surface area contributed by atoms with Gasteiger partial charge in [-0.15, -0.1) is 0 Å². The van der Waals surface area contributed by atoms with Crippen LogP contribution in [0.3, 0.4) is 0 Å². The molecule has 0 aromatic rings. The summed E-state index contributed by atoms with van der Waals surface area (Å²) in [6, 6.07) is 0. The number of methoxy groups -OCH3 is 1. The van der Waals surface area contributed by atoms with Gasteiger partial charge >= 0.3 is 5.97 Å². The third kappa shape index (κ3) is 8.95. The molecule has 1 amide bonds. The van der Waals surface area contributed by atoms with Crippen molar-refractivity contribution >= 4 is 11.9 Å². The van der Waals surface area contributed by atoms with Crippen LogP contribution in [0.1, 0.15) is 20.3 Å². The van der Waals surface area contributed by atoms with E-state index in [4.69, 9.17) is 9.47 Å². The lowest BCUT2D eigenvalue weighted by Gasteiger charge is -2.18. The molecule has 1 N–H and O–H groups in total. The normalized spacial score (nSPS) is 10.4. The third-order valence-corrected chi connectivity index (χ3v) is 2.32. The number of esters is 1. The summed E-state index contributed by atoms with van der Waals surface area (Å²) in [5.41, 5.74) is 0. The molecular weight excluding hydrogens is 236 g/mol. The van der Waals surface area contributed by atoms with Crippen LogP contribution in [-0.2, 0) is 19.1 Å². The van der Waals surface area contributed by atoms with Crippen LogP contribution in [-0.4, -0.2) is 63.3 Å². The topological polar surface area (TPSA) is 67.9 Å². The van der Waals surface area contributed by atoms with E-state index >= 15 is 0 Å². The number of hydrogen-bond acceptors (Lipinski definition) is 5. The highest BCUT2D eigenvalue weighted by atomic mass is 16.5. The molecule has 0 radical (unpaired) electrons. The van der Waals surface area contributed by atoms with Crippen LogP contribution in [0.5, 0.6) is 0 Å². The smallest absolute Gasteiger partial charge is 0.320 e. The number of amides is 1. The molecule has 106 valence electrons. The van der Waals surface area contributed by atoms with Gasteiger partial charge in [-0.3, -0.25) is 14.5 Å². The van der Waals surface area contributed by atoms with E-state index in [1.807, 2.05) is 6.92 Å². The predicted molar refractivity (Wildman–Crippen MR) is 68.2 cm³/mol. The Balaban J connectivity index is 3.82. The summed E-state index contributed by atoms with van der Waals surface area (Å²) in [5.74, 6) is -0.385. The van der Waals surface area contributed by atoms with Crippen molar-refractivity contribution in [3.63, 3.8) is 0 Å². The summed E-state index contributed by atoms with van der Waals surface area (Å²) in [5, 5.41) is 2.77. The molecule has 0 unspecified atom stereocenters. The van der Waals surface area contributed by atoms with E-state index in [9.17, 15) is 9.59 Å². The third-order valence-electron chi connectivity index (χ3n) is 2.32. The first kappa shape index (κ1) is 16.9. The Morgan fingerprint density at radius 3 is 2.50 bits per heavy atom. The number of carbonyl (C=O) groups is 2. The van der Waals surface area contributed by atoms with Gasteiger partial charge in [0.2, 0.25) is 5.91 Å². The van der Waals surface area contributed by atoms with E-state index in [-0.39, 0.29) is 25.0 Å². The predicted octanol–water partition coefficient (Wildman–Crippen LogP) is 0.0241. The van der Waals surface area contributed by atoms with Crippen LogP contribution < -0.4 is 5.32 Å². The minimum Gasteiger partial charge on any atom is -0.465 e. The van der Waals surface area contributed by atoms with Gasteiger partial charge < -0.3 is 14.8 Å². The average molecular weight is 260 g/mol. The number of nitrogens with zero attached hydrogens (tertiary/aromatic N) is 1. The van der Waals surface area contributed by atoms with E-state index < -0.39 is 0 Å². The largest absolute Gasteiger partial charge is 0.465 e. The van der Waals surface area contributed by atoms with Crippen LogP contribution in [0.15, 0.2) is 0 Å². The van der Waals surface area contributed by atoms with Gasteiger partial charge in [-0.05, 0) is 19.9 Å². The molecule has 0 heterocycles. The van der Waals surface area contributed by atoms with Gasteiger partial charge in [0.15, 0.2) is 0 Å². The number of hydrogen-bond donors (Lipinski definition) is 1. The van der Waals surface area contributed by atoms with Crippen molar-refractivity contribution in [2.75, 3.05) is 46.5 Å². The molecule has 0 fully saturated rings. The minimum atomic E-state index is -0.300. The number of likely N-dealkylation sites (N-methyl/N-ethyl adjacent to an activating group) is 1. The van der Waals surface area contributed by atoms with Crippen molar-refractivity contribution in [2.24, 2.45) is 0 Å². The molecule has 0 aliphatic rings. The maximum atomic E-state index is 11.6. The quantitative estimate of drug-likeness (QED) is 0.443. The van der Waals surface area contributed by atoms with E-state index in [1.54, 1.807) is 18.9 Å². The summed E-state index contributed by atoms with van der Waals surface area (Å²) >= 11 is 0. The molecule has 0 aromatic heterocycles. The number of carbonyl (C=O) groups excluding carboxylic acids is 2. The van der Waals surface area contributed by atoms with E-state index in [1.165, 1.54) is 0 Å². The Morgan fingerprint density at radius 2 is 1.94 bits per heavy atom. The van der Waals surface area contributed by atoms with Crippen LogP contribution in [0.2, 0.25) is 0 Å². The van der Waals surface area contributed by atoms with Crippen LogP contribution >= 0.6 is 0 Å². The molecule has 18 heavy (non-hydrogen) atoms. The Morgan fingerprint density at radius 1 is 1.22 bits per heavy atom. The molecule has 0 aliphatic carbocycles. The molecular formula is C12H24N2O4. The summed E-state index contributed by atoms with van der Waals surface area (Å²) in [6.07, 6.45) is 0.784. The SMILES string of the molecule is CCOC(=O)CN(CC)CC(=O)NCCCOC.